The van der Waals surface area contributed by atoms with Gasteiger partial charge < -0.3 is 0 Å². The summed E-state index contributed by atoms with van der Waals surface area (Å²) in [7, 11) is 0. The van der Waals surface area contributed by atoms with Crippen molar-refractivity contribution in [3.63, 3.8) is 0 Å². The molecule has 0 unspecified atom stereocenters. The van der Waals surface area contributed by atoms with Crippen molar-refractivity contribution in [3.05, 3.63) is 81.5 Å². The molecule has 0 spiro atoms. The summed E-state index contributed by atoms with van der Waals surface area (Å²) in [6.45, 7) is 1.53. The van der Waals surface area contributed by atoms with Gasteiger partial charge in [-0.3, -0.25) is 35.7 Å². The molecule has 9 heteroatoms. The number of amides is 2. The van der Waals surface area contributed by atoms with Gasteiger partial charge in [0, 0.05) is 22.8 Å². The summed E-state index contributed by atoms with van der Waals surface area (Å²) in [5.41, 5.74) is 6.61. The van der Waals surface area contributed by atoms with Crippen LogP contribution in [0.1, 0.15) is 26.4 Å². The molecule has 0 aliphatic rings. The van der Waals surface area contributed by atoms with Crippen molar-refractivity contribution in [2.24, 2.45) is 0 Å². The molecule has 9 nitrogen and oxygen atoms in total. The number of hydrogen-bond acceptors (Lipinski definition) is 5. The number of nitro groups is 1. The SMILES string of the molecule is Cc1cc(C(=O)NNC(=O)c2cc(-c3ccccc3)n[nH]2)ccc1[N+](=O)[O-]. The monoisotopic (exact) mass is 365 g/mol. The second-order valence-corrected chi connectivity index (χ2v) is 5.70. The van der Waals surface area contributed by atoms with E-state index < -0.39 is 16.7 Å². The number of rotatable bonds is 4. The molecule has 0 saturated carbocycles. The first-order chi connectivity index (χ1) is 13.0. The molecule has 1 aromatic heterocycles. The number of nitrogens with zero attached hydrogens (tertiary/aromatic N) is 2. The maximum Gasteiger partial charge on any atom is 0.287 e. The lowest BCUT2D eigenvalue weighted by Gasteiger charge is -2.07. The van der Waals surface area contributed by atoms with Crippen molar-refractivity contribution in [2.75, 3.05) is 0 Å². The fraction of sp³-hybridized carbons (Fsp3) is 0.0556. The van der Waals surface area contributed by atoms with Crippen LogP contribution in [0.15, 0.2) is 54.6 Å². The molecule has 3 N–H and O–H groups in total. The van der Waals surface area contributed by atoms with Gasteiger partial charge in [0.15, 0.2) is 0 Å². The quantitative estimate of drug-likeness (QED) is 0.483. The number of aromatic nitrogens is 2. The second-order valence-electron chi connectivity index (χ2n) is 5.70. The number of nitrogens with one attached hydrogen (secondary N) is 3. The third-order valence-electron chi connectivity index (χ3n) is 3.84. The highest BCUT2D eigenvalue weighted by molar-refractivity contribution is 5.98. The van der Waals surface area contributed by atoms with Crippen molar-refractivity contribution in [2.45, 2.75) is 6.92 Å². The summed E-state index contributed by atoms with van der Waals surface area (Å²) in [5, 5.41) is 17.5. The zero-order chi connectivity index (χ0) is 19.4. The zero-order valence-corrected chi connectivity index (χ0v) is 14.2. The molecule has 1 heterocycles. The summed E-state index contributed by atoms with van der Waals surface area (Å²) < 4.78 is 0. The maximum atomic E-state index is 12.1. The minimum atomic E-state index is -0.593. The van der Waals surface area contributed by atoms with Crippen LogP contribution in [0.5, 0.6) is 0 Å². The van der Waals surface area contributed by atoms with Crippen LogP contribution in [-0.4, -0.2) is 26.9 Å². The first-order valence-corrected chi connectivity index (χ1v) is 7.92. The van der Waals surface area contributed by atoms with E-state index in [0.29, 0.717) is 11.3 Å². The number of hydrogen-bond donors (Lipinski definition) is 3. The highest BCUT2D eigenvalue weighted by atomic mass is 16.6. The van der Waals surface area contributed by atoms with Crippen LogP contribution in [-0.2, 0) is 0 Å². The van der Waals surface area contributed by atoms with E-state index in [4.69, 9.17) is 0 Å². The molecular weight excluding hydrogens is 350 g/mol. The van der Waals surface area contributed by atoms with Crippen LogP contribution in [0.25, 0.3) is 11.3 Å². The third-order valence-corrected chi connectivity index (χ3v) is 3.84. The predicted octanol–water partition coefficient (Wildman–Crippen LogP) is 2.37. The molecule has 0 aliphatic carbocycles. The molecule has 0 fully saturated rings. The number of hydrazine groups is 1. The Labute approximate surface area is 153 Å². The van der Waals surface area contributed by atoms with Gasteiger partial charge in [0.2, 0.25) is 0 Å². The summed E-state index contributed by atoms with van der Waals surface area (Å²) in [6.07, 6.45) is 0. The molecule has 0 bridgehead atoms. The summed E-state index contributed by atoms with van der Waals surface area (Å²) in [6, 6.07) is 14.8. The number of aromatic amines is 1. The Morgan fingerprint density at radius 2 is 1.74 bits per heavy atom. The number of aryl methyl sites for hydroxylation is 1. The van der Waals surface area contributed by atoms with E-state index >= 15 is 0 Å². The van der Waals surface area contributed by atoms with Gasteiger partial charge in [0.25, 0.3) is 17.5 Å². The molecule has 0 radical (unpaired) electrons. The Morgan fingerprint density at radius 3 is 2.41 bits per heavy atom. The van der Waals surface area contributed by atoms with Gasteiger partial charge in [-0.25, -0.2) is 0 Å². The van der Waals surface area contributed by atoms with E-state index in [1.165, 1.54) is 25.1 Å². The number of nitro benzene ring substituents is 1. The third kappa shape index (κ3) is 3.98. The van der Waals surface area contributed by atoms with E-state index in [-0.39, 0.29) is 16.9 Å². The summed E-state index contributed by atoms with van der Waals surface area (Å²) in [4.78, 5) is 34.6. The van der Waals surface area contributed by atoms with Crippen LogP contribution < -0.4 is 10.9 Å². The molecule has 3 aromatic rings. The molecular formula is C18H15N5O4. The van der Waals surface area contributed by atoms with E-state index in [0.717, 1.165) is 5.56 Å². The first-order valence-electron chi connectivity index (χ1n) is 7.92. The topological polar surface area (TPSA) is 130 Å². The van der Waals surface area contributed by atoms with Crippen molar-refractivity contribution in [1.82, 2.24) is 21.0 Å². The largest absolute Gasteiger partial charge is 0.287 e. The molecule has 27 heavy (non-hydrogen) atoms. The van der Waals surface area contributed by atoms with Crippen molar-refractivity contribution in [1.29, 1.82) is 0 Å². The normalized spacial score (nSPS) is 10.3. The Balaban J connectivity index is 1.64. The van der Waals surface area contributed by atoms with Crippen LogP contribution in [0.4, 0.5) is 5.69 Å². The smallest absolute Gasteiger partial charge is 0.272 e. The van der Waals surface area contributed by atoms with E-state index in [1.807, 2.05) is 30.3 Å². The van der Waals surface area contributed by atoms with Gasteiger partial charge >= 0.3 is 0 Å². The Kier molecular flexibility index (Phi) is 4.93. The van der Waals surface area contributed by atoms with Crippen molar-refractivity contribution in [3.8, 4) is 11.3 Å². The van der Waals surface area contributed by atoms with Crippen LogP contribution in [0.2, 0.25) is 0 Å². The lowest BCUT2D eigenvalue weighted by atomic mass is 10.1. The average molecular weight is 365 g/mol. The fourth-order valence-corrected chi connectivity index (χ4v) is 2.45. The van der Waals surface area contributed by atoms with Crippen molar-refractivity contribution < 1.29 is 14.5 Å². The zero-order valence-electron chi connectivity index (χ0n) is 14.2. The van der Waals surface area contributed by atoms with Crippen LogP contribution >= 0.6 is 0 Å². The number of carbonyl (C=O) groups is 2. The Hall–Kier alpha value is -4.01. The van der Waals surface area contributed by atoms with E-state index in [2.05, 4.69) is 21.0 Å². The minimum Gasteiger partial charge on any atom is -0.272 e. The molecule has 0 saturated heterocycles. The summed E-state index contributed by atoms with van der Waals surface area (Å²) >= 11 is 0. The molecule has 0 aliphatic heterocycles. The number of carbonyl (C=O) groups excluding carboxylic acids is 2. The molecule has 2 amide bonds. The van der Waals surface area contributed by atoms with Gasteiger partial charge in [-0.15, -0.1) is 0 Å². The summed E-state index contributed by atoms with van der Waals surface area (Å²) in [5.74, 6) is -1.17. The molecule has 136 valence electrons. The van der Waals surface area contributed by atoms with E-state index in [1.54, 1.807) is 6.07 Å². The van der Waals surface area contributed by atoms with Gasteiger partial charge in [-0.2, -0.15) is 5.10 Å². The van der Waals surface area contributed by atoms with Gasteiger partial charge in [0.1, 0.15) is 5.69 Å². The lowest BCUT2D eigenvalue weighted by molar-refractivity contribution is -0.385. The Morgan fingerprint density at radius 1 is 1.04 bits per heavy atom. The van der Waals surface area contributed by atoms with Crippen molar-refractivity contribution >= 4 is 17.5 Å². The second kappa shape index (κ2) is 7.48. The number of benzene rings is 2. The standard InChI is InChI=1S/C18H15N5O4/c1-11-9-13(7-8-16(11)23(26)27)17(24)21-22-18(25)15-10-14(19-20-15)12-5-3-2-4-6-12/h2-10H,1H3,(H,19,20)(H,21,24)(H,22,25). The lowest BCUT2D eigenvalue weighted by Crippen LogP contribution is -2.41. The van der Waals surface area contributed by atoms with Gasteiger partial charge in [-0.05, 0) is 25.1 Å². The highest BCUT2D eigenvalue weighted by Gasteiger charge is 2.15. The average Bonchev–Trinajstić information content (AvgIpc) is 3.16. The predicted molar refractivity (Wildman–Crippen MR) is 96.8 cm³/mol. The van der Waals surface area contributed by atoms with Gasteiger partial charge in [-0.1, -0.05) is 30.3 Å². The van der Waals surface area contributed by atoms with E-state index in [9.17, 15) is 19.7 Å². The minimum absolute atomic E-state index is 0.0820. The van der Waals surface area contributed by atoms with Gasteiger partial charge in [0.05, 0.1) is 10.6 Å². The fourth-order valence-electron chi connectivity index (χ4n) is 2.45. The molecule has 0 atom stereocenters. The first kappa shape index (κ1) is 17.8. The molecule has 3 rings (SSSR count). The Bertz CT molecular complexity index is 1010. The highest BCUT2D eigenvalue weighted by Crippen LogP contribution is 2.19. The maximum absolute atomic E-state index is 12.1. The van der Waals surface area contributed by atoms with Crippen LogP contribution in [0.3, 0.4) is 0 Å². The van der Waals surface area contributed by atoms with Crippen LogP contribution in [0, 0.1) is 17.0 Å². The molecule has 2 aromatic carbocycles. The number of H-pyrrole nitrogens is 1.